The minimum atomic E-state index is -0.0448. The maximum absolute atomic E-state index is 12.8. The van der Waals surface area contributed by atoms with E-state index in [1.165, 1.54) is 0 Å². The molecule has 3 aromatic rings. The van der Waals surface area contributed by atoms with Crippen molar-refractivity contribution in [1.82, 2.24) is 15.0 Å². The molecule has 1 N–H and O–H groups in total. The minimum Gasteiger partial charge on any atom is -0.338 e. The second-order valence-electron chi connectivity index (χ2n) is 7.90. The summed E-state index contributed by atoms with van der Waals surface area (Å²) in [6.07, 6.45) is 1.87. The number of rotatable bonds is 5. The Bertz CT molecular complexity index is 1050. The Balaban J connectivity index is 1.38. The summed E-state index contributed by atoms with van der Waals surface area (Å²) in [5.41, 5.74) is 4.08. The molecule has 2 heterocycles. The highest BCUT2D eigenvalue weighted by Crippen LogP contribution is 2.23. The van der Waals surface area contributed by atoms with E-state index in [2.05, 4.69) is 49.0 Å². The number of aromatic nitrogens is 2. The molecule has 1 aliphatic rings. The van der Waals surface area contributed by atoms with Gasteiger partial charge in [-0.15, -0.1) is 0 Å². The first-order chi connectivity index (χ1) is 14.5. The van der Waals surface area contributed by atoms with Crippen LogP contribution in [0.4, 0.5) is 5.69 Å². The fourth-order valence-corrected chi connectivity index (χ4v) is 4.47. The summed E-state index contributed by atoms with van der Waals surface area (Å²) in [5.74, 6) is 1.22. The molecular weight excluding hydrogens is 491 g/mol. The Hall–Kier alpha value is -2.26. The van der Waals surface area contributed by atoms with E-state index in [-0.39, 0.29) is 11.8 Å². The quantitative estimate of drug-likeness (QED) is 0.493. The predicted octanol–water partition coefficient (Wildman–Crippen LogP) is 4.81. The maximum Gasteiger partial charge on any atom is 0.241 e. The average molecular weight is 516 g/mol. The number of anilines is 1. The lowest BCUT2D eigenvalue weighted by atomic mass is 9.97. The van der Waals surface area contributed by atoms with Gasteiger partial charge in [0, 0.05) is 21.4 Å². The summed E-state index contributed by atoms with van der Waals surface area (Å²) in [6.45, 7) is 6.24. The fourth-order valence-electron chi connectivity index (χ4n) is 3.83. The molecule has 1 aromatic heterocycles. The number of carbonyl (C=O) groups excluding carboxylic acids is 1. The topological polar surface area (TPSA) is 71.3 Å². The van der Waals surface area contributed by atoms with Gasteiger partial charge in [0.1, 0.15) is 0 Å². The molecule has 30 heavy (non-hydrogen) atoms. The lowest BCUT2D eigenvalue weighted by Gasteiger charge is -2.31. The maximum atomic E-state index is 12.8. The van der Waals surface area contributed by atoms with Crippen LogP contribution in [0.5, 0.6) is 0 Å². The molecule has 1 atom stereocenters. The summed E-state index contributed by atoms with van der Waals surface area (Å²) < 4.78 is 6.64. The SMILES string of the molecule is Cc1cccc(-c2noc(CN3CCCC(C(=O)Nc4ccc(I)cc4C)C3)n2)c1. The lowest BCUT2D eigenvalue weighted by molar-refractivity contribution is -0.121. The van der Waals surface area contributed by atoms with Crippen LogP contribution in [-0.4, -0.2) is 34.0 Å². The van der Waals surface area contributed by atoms with Gasteiger partial charge in [0.15, 0.2) is 0 Å². The van der Waals surface area contributed by atoms with Gasteiger partial charge in [-0.3, -0.25) is 9.69 Å². The minimum absolute atomic E-state index is 0.0448. The molecule has 1 fully saturated rings. The van der Waals surface area contributed by atoms with Crippen molar-refractivity contribution in [1.29, 1.82) is 0 Å². The Kier molecular flexibility index (Phi) is 6.48. The molecule has 6 nitrogen and oxygen atoms in total. The summed E-state index contributed by atoms with van der Waals surface area (Å²) in [4.78, 5) is 19.6. The summed E-state index contributed by atoms with van der Waals surface area (Å²) >= 11 is 2.28. The average Bonchev–Trinajstić information content (AvgIpc) is 3.19. The van der Waals surface area contributed by atoms with Gasteiger partial charge in [-0.25, -0.2) is 0 Å². The van der Waals surface area contributed by atoms with Crippen LogP contribution in [0.1, 0.15) is 29.9 Å². The normalized spacial score (nSPS) is 17.1. The van der Waals surface area contributed by atoms with E-state index >= 15 is 0 Å². The third-order valence-corrected chi connectivity index (χ3v) is 6.10. The van der Waals surface area contributed by atoms with Crippen LogP contribution >= 0.6 is 22.6 Å². The summed E-state index contributed by atoms with van der Waals surface area (Å²) in [5, 5.41) is 7.23. The number of hydrogen-bond donors (Lipinski definition) is 1. The number of hydrogen-bond acceptors (Lipinski definition) is 5. The van der Waals surface area contributed by atoms with Crippen LogP contribution in [-0.2, 0) is 11.3 Å². The molecule has 1 saturated heterocycles. The van der Waals surface area contributed by atoms with Crippen LogP contribution < -0.4 is 5.32 Å². The molecule has 0 spiro atoms. The fraction of sp³-hybridized carbons (Fsp3) is 0.348. The molecule has 4 rings (SSSR count). The number of aryl methyl sites for hydroxylation is 2. The third-order valence-electron chi connectivity index (χ3n) is 5.43. The van der Waals surface area contributed by atoms with Crippen molar-refractivity contribution in [2.24, 2.45) is 5.92 Å². The van der Waals surface area contributed by atoms with Crippen LogP contribution in [0.2, 0.25) is 0 Å². The second kappa shape index (κ2) is 9.26. The van der Waals surface area contributed by atoms with Crippen LogP contribution in [0.3, 0.4) is 0 Å². The van der Waals surface area contributed by atoms with Crippen molar-refractivity contribution in [2.75, 3.05) is 18.4 Å². The summed E-state index contributed by atoms with van der Waals surface area (Å²) in [7, 11) is 0. The Morgan fingerprint density at radius 3 is 2.93 bits per heavy atom. The van der Waals surface area contributed by atoms with Crippen LogP contribution in [0, 0.1) is 23.3 Å². The van der Waals surface area contributed by atoms with Crippen LogP contribution in [0.15, 0.2) is 47.0 Å². The highest BCUT2D eigenvalue weighted by molar-refractivity contribution is 14.1. The van der Waals surface area contributed by atoms with Gasteiger partial charge in [0.25, 0.3) is 0 Å². The Labute approximate surface area is 190 Å². The van der Waals surface area contributed by atoms with E-state index in [1.54, 1.807) is 0 Å². The van der Waals surface area contributed by atoms with E-state index in [4.69, 9.17) is 4.52 Å². The number of likely N-dealkylation sites (tertiary alicyclic amines) is 1. The first-order valence-electron chi connectivity index (χ1n) is 10.2. The first kappa shape index (κ1) is 21.0. The van der Waals surface area contributed by atoms with Gasteiger partial charge in [-0.05, 0) is 85.7 Å². The molecule has 0 saturated carbocycles. The van der Waals surface area contributed by atoms with E-state index in [9.17, 15) is 4.79 Å². The van der Waals surface area contributed by atoms with E-state index in [1.807, 2.05) is 50.2 Å². The zero-order chi connectivity index (χ0) is 21.1. The molecule has 1 unspecified atom stereocenters. The van der Waals surface area contributed by atoms with Gasteiger partial charge >= 0.3 is 0 Å². The Morgan fingerprint density at radius 1 is 1.27 bits per heavy atom. The molecule has 2 aromatic carbocycles. The number of halogens is 1. The van der Waals surface area contributed by atoms with E-state index < -0.39 is 0 Å². The van der Waals surface area contributed by atoms with Crippen molar-refractivity contribution in [3.05, 3.63) is 63.1 Å². The second-order valence-corrected chi connectivity index (χ2v) is 9.15. The van der Waals surface area contributed by atoms with Crippen molar-refractivity contribution in [3.8, 4) is 11.4 Å². The number of benzene rings is 2. The lowest BCUT2D eigenvalue weighted by Crippen LogP contribution is -2.40. The predicted molar refractivity (Wildman–Crippen MR) is 125 cm³/mol. The smallest absolute Gasteiger partial charge is 0.241 e. The van der Waals surface area contributed by atoms with Crippen LogP contribution in [0.25, 0.3) is 11.4 Å². The van der Waals surface area contributed by atoms with Crippen molar-refractivity contribution in [2.45, 2.75) is 33.2 Å². The van der Waals surface area contributed by atoms with Gasteiger partial charge in [0.2, 0.25) is 17.6 Å². The molecule has 1 aliphatic heterocycles. The first-order valence-corrected chi connectivity index (χ1v) is 11.2. The zero-order valence-electron chi connectivity index (χ0n) is 17.2. The number of carbonyl (C=O) groups is 1. The van der Waals surface area contributed by atoms with Crippen molar-refractivity contribution >= 4 is 34.2 Å². The standard InChI is InChI=1S/C23H25IN4O2/c1-15-5-3-6-17(11-15)22-26-21(30-27-22)14-28-10-4-7-18(13-28)23(29)25-20-9-8-19(24)12-16(20)2/h3,5-6,8-9,11-12,18H,4,7,10,13-14H2,1-2H3,(H,25,29). The molecule has 7 heteroatoms. The van der Waals surface area contributed by atoms with Gasteiger partial charge < -0.3 is 9.84 Å². The van der Waals surface area contributed by atoms with E-state index in [0.717, 1.165) is 45.3 Å². The zero-order valence-corrected chi connectivity index (χ0v) is 19.3. The highest BCUT2D eigenvalue weighted by Gasteiger charge is 2.27. The molecule has 1 amide bonds. The van der Waals surface area contributed by atoms with Crippen molar-refractivity contribution in [3.63, 3.8) is 0 Å². The van der Waals surface area contributed by atoms with Gasteiger partial charge in [-0.1, -0.05) is 28.9 Å². The van der Waals surface area contributed by atoms with Gasteiger partial charge in [-0.2, -0.15) is 4.98 Å². The molecule has 0 aliphatic carbocycles. The summed E-state index contributed by atoms with van der Waals surface area (Å²) in [6, 6.07) is 14.1. The Morgan fingerprint density at radius 2 is 2.13 bits per heavy atom. The number of nitrogens with zero attached hydrogens (tertiary/aromatic N) is 3. The highest BCUT2D eigenvalue weighted by atomic mass is 127. The molecule has 0 bridgehead atoms. The number of piperidine rings is 1. The largest absolute Gasteiger partial charge is 0.338 e. The van der Waals surface area contributed by atoms with Gasteiger partial charge in [0.05, 0.1) is 12.5 Å². The number of amides is 1. The monoisotopic (exact) mass is 516 g/mol. The molecular formula is C23H25IN4O2. The number of nitrogens with one attached hydrogen (secondary N) is 1. The molecule has 0 radical (unpaired) electrons. The molecule has 156 valence electrons. The van der Waals surface area contributed by atoms with Crippen molar-refractivity contribution < 1.29 is 9.32 Å². The van der Waals surface area contributed by atoms with E-state index in [0.29, 0.717) is 24.8 Å². The third kappa shape index (κ3) is 5.07.